The summed E-state index contributed by atoms with van der Waals surface area (Å²) in [4.78, 5) is 8.55. The van der Waals surface area contributed by atoms with E-state index in [4.69, 9.17) is 0 Å². The molecule has 1 heterocycles. The number of anilines is 2. The minimum absolute atomic E-state index is 0.808. The molecule has 0 saturated heterocycles. The molecule has 0 saturated carbocycles. The average Bonchev–Trinajstić information content (AvgIpc) is 2.41. The van der Waals surface area contributed by atoms with Crippen molar-refractivity contribution in [1.29, 1.82) is 0 Å². The third kappa shape index (κ3) is 3.73. The van der Waals surface area contributed by atoms with E-state index in [1.807, 2.05) is 13.0 Å². The van der Waals surface area contributed by atoms with Gasteiger partial charge < -0.3 is 10.6 Å². The molecule has 0 spiro atoms. The molecule has 0 atom stereocenters. The number of nitrogens with zero attached hydrogens (tertiary/aromatic N) is 2. The van der Waals surface area contributed by atoms with E-state index in [0.717, 1.165) is 31.1 Å². The van der Waals surface area contributed by atoms with Crippen LogP contribution >= 0.6 is 0 Å². The van der Waals surface area contributed by atoms with Crippen molar-refractivity contribution in [2.24, 2.45) is 0 Å². The number of benzene rings is 1. The molecule has 2 N–H and O–H groups in total. The number of hydrogen-bond acceptors (Lipinski definition) is 4. The molecule has 0 aliphatic rings. The smallest absolute Gasteiger partial charge is 0.146 e. The van der Waals surface area contributed by atoms with Crippen molar-refractivity contribution < 1.29 is 0 Å². The van der Waals surface area contributed by atoms with E-state index in [-0.39, 0.29) is 0 Å². The van der Waals surface area contributed by atoms with Gasteiger partial charge in [-0.2, -0.15) is 0 Å². The van der Waals surface area contributed by atoms with Crippen molar-refractivity contribution in [3.8, 4) is 0 Å². The molecule has 18 heavy (non-hydrogen) atoms. The molecule has 0 radical (unpaired) electrons. The lowest BCUT2D eigenvalue weighted by Crippen LogP contribution is -2.08. The number of aromatic nitrogens is 2. The van der Waals surface area contributed by atoms with Crippen LogP contribution in [0, 0.1) is 0 Å². The minimum Gasteiger partial charge on any atom is -0.369 e. The van der Waals surface area contributed by atoms with Gasteiger partial charge in [0.05, 0.1) is 12.4 Å². The molecule has 4 heteroatoms. The highest BCUT2D eigenvalue weighted by atomic mass is 15.1. The minimum atomic E-state index is 0.808. The van der Waals surface area contributed by atoms with Crippen molar-refractivity contribution in [3.05, 3.63) is 48.3 Å². The van der Waals surface area contributed by atoms with Crippen LogP contribution in [0.1, 0.15) is 12.5 Å². The maximum absolute atomic E-state index is 4.41. The lowest BCUT2D eigenvalue weighted by molar-refractivity contribution is 0.997. The summed E-state index contributed by atoms with van der Waals surface area (Å²) in [5.41, 5.74) is 1.32. The summed E-state index contributed by atoms with van der Waals surface area (Å²) in [6.07, 6.45) is 4.45. The average molecular weight is 242 g/mol. The molecule has 0 unspecified atom stereocenters. The molecular weight excluding hydrogens is 224 g/mol. The zero-order valence-electron chi connectivity index (χ0n) is 10.6. The van der Waals surface area contributed by atoms with Crippen LogP contribution in [0.15, 0.2) is 42.7 Å². The van der Waals surface area contributed by atoms with E-state index in [9.17, 15) is 0 Å². The van der Waals surface area contributed by atoms with E-state index >= 15 is 0 Å². The van der Waals surface area contributed by atoms with Crippen molar-refractivity contribution in [1.82, 2.24) is 9.97 Å². The Kier molecular flexibility index (Phi) is 4.53. The van der Waals surface area contributed by atoms with Crippen LogP contribution in [0.25, 0.3) is 0 Å². The highest BCUT2D eigenvalue weighted by Crippen LogP contribution is 2.06. The Hall–Kier alpha value is -2.10. The third-order valence-corrected chi connectivity index (χ3v) is 2.56. The van der Waals surface area contributed by atoms with Gasteiger partial charge in [-0.15, -0.1) is 0 Å². The van der Waals surface area contributed by atoms with E-state index < -0.39 is 0 Å². The number of nitrogens with one attached hydrogen (secondary N) is 2. The summed E-state index contributed by atoms with van der Waals surface area (Å²) < 4.78 is 0. The molecule has 0 aliphatic carbocycles. The second-order valence-corrected chi connectivity index (χ2v) is 3.98. The molecule has 1 aromatic carbocycles. The second kappa shape index (κ2) is 6.59. The van der Waals surface area contributed by atoms with Crippen LogP contribution < -0.4 is 10.6 Å². The van der Waals surface area contributed by atoms with Crippen molar-refractivity contribution in [3.63, 3.8) is 0 Å². The highest BCUT2D eigenvalue weighted by molar-refractivity contribution is 5.41. The van der Waals surface area contributed by atoms with E-state index in [2.05, 4.69) is 44.9 Å². The zero-order chi connectivity index (χ0) is 12.6. The largest absolute Gasteiger partial charge is 0.369 e. The van der Waals surface area contributed by atoms with Gasteiger partial charge in [-0.1, -0.05) is 30.3 Å². The standard InChI is InChI=1S/C14H18N4/c1-2-16-13-10-15-11-14(18-13)17-9-8-12-6-4-3-5-7-12/h3-7,10-11H,2,8-9H2,1H3,(H2,16,17,18). The van der Waals surface area contributed by atoms with E-state index in [0.29, 0.717) is 0 Å². The maximum atomic E-state index is 4.41. The molecule has 2 rings (SSSR count). The second-order valence-electron chi connectivity index (χ2n) is 3.98. The Bertz CT molecular complexity index is 470. The fourth-order valence-corrected chi connectivity index (χ4v) is 1.70. The summed E-state index contributed by atoms with van der Waals surface area (Å²) in [7, 11) is 0. The molecule has 0 aliphatic heterocycles. The van der Waals surface area contributed by atoms with Crippen molar-refractivity contribution in [2.45, 2.75) is 13.3 Å². The van der Waals surface area contributed by atoms with Gasteiger partial charge in [-0.3, -0.25) is 4.98 Å². The Labute approximate surface area is 107 Å². The lowest BCUT2D eigenvalue weighted by Gasteiger charge is -2.07. The van der Waals surface area contributed by atoms with E-state index in [1.54, 1.807) is 12.4 Å². The monoisotopic (exact) mass is 242 g/mol. The Balaban J connectivity index is 1.84. The van der Waals surface area contributed by atoms with Gasteiger partial charge in [-0.05, 0) is 18.9 Å². The van der Waals surface area contributed by atoms with Crippen LogP contribution in [0.3, 0.4) is 0 Å². The first-order chi connectivity index (χ1) is 8.88. The summed E-state index contributed by atoms with van der Waals surface area (Å²) >= 11 is 0. The van der Waals surface area contributed by atoms with Crippen molar-refractivity contribution >= 4 is 11.6 Å². The summed E-state index contributed by atoms with van der Waals surface area (Å²) in [6.45, 7) is 3.74. The first-order valence-electron chi connectivity index (χ1n) is 6.22. The van der Waals surface area contributed by atoms with Crippen molar-refractivity contribution in [2.75, 3.05) is 23.7 Å². The molecule has 0 amide bonds. The molecule has 2 aromatic rings. The van der Waals surface area contributed by atoms with Gasteiger partial charge in [0.2, 0.25) is 0 Å². The fourth-order valence-electron chi connectivity index (χ4n) is 1.70. The van der Waals surface area contributed by atoms with Crippen LogP contribution in [0.5, 0.6) is 0 Å². The summed E-state index contributed by atoms with van der Waals surface area (Å²) in [5, 5.41) is 6.42. The SMILES string of the molecule is CCNc1cncc(NCCc2ccccc2)n1. The summed E-state index contributed by atoms with van der Waals surface area (Å²) in [6, 6.07) is 10.4. The summed E-state index contributed by atoms with van der Waals surface area (Å²) in [5.74, 6) is 1.62. The van der Waals surface area contributed by atoms with Gasteiger partial charge in [0, 0.05) is 13.1 Å². The lowest BCUT2D eigenvalue weighted by atomic mass is 10.1. The Morgan fingerprint density at radius 3 is 2.44 bits per heavy atom. The third-order valence-electron chi connectivity index (χ3n) is 2.56. The maximum Gasteiger partial charge on any atom is 0.146 e. The van der Waals surface area contributed by atoms with Gasteiger partial charge in [0.15, 0.2) is 0 Å². The first-order valence-corrected chi connectivity index (χ1v) is 6.22. The molecule has 0 bridgehead atoms. The van der Waals surface area contributed by atoms with E-state index in [1.165, 1.54) is 5.56 Å². The Morgan fingerprint density at radius 2 is 1.72 bits per heavy atom. The van der Waals surface area contributed by atoms with Gasteiger partial charge in [0.25, 0.3) is 0 Å². The predicted molar refractivity (Wildman–Crippen MR) is 74.8 cm³/mol. The zero-order valence-corrected chi connectivity index (χ0v) is 10.6. The predicted octanol–water partition coefficient (Wildman–Crippen LogP) is 2.56. The van der Waals surface area contributed by atoms with Crippen LogP contribution in [0.4, 0.5) is 11.6 Å². The van der Waals surface area contributed by atoms with Gasteiger partial charge in [-0.25, -0.2) is 4.98 Å². The number of rotatable bonds is 6. The highest BCUT2D eigenvalue weighted by Gasteiger charge is 1.97. The number of hydrogen-bond donors (Lipinski definition) is 2. The van der Waals surface area contributed by atoms with Crippen LogP contribution in [-0.2, 0) is 6.42 Å². The molecule has 1 aromatic heterocycles. The first kappa shape index (κ1) is 12.4. The Morgan fingerprint density at radius 1 is 1.00 bits per heavy atom. The van der Waals surface area contributed by atoms with Crippen LogP contribution in [-0.4, -0.2) is 23.1 Å². The normalized spacial score (nSPS) is 10.1. The van der Waals surface area contributed by atoms with Gasteiger partial charge in [0.1, 0.15) is 11.6 Å². The van der Waals surface area contributed by atoms with Gasteiger partial charge >= 0.3 is 0 Å². The topological polar surface area (TPSA) is 49.8 Å². The molecule has 0 fully saturated rings. The molecule has 94 valence electrons. The molecular formula is C14H18N4. The van der Waals surface area contributed by atoms with Crippen LogP contribution in [0.2, 0.25) is 0 Å². The quantitative estimate of drug-likeness (QED) is 0.817. The molecule has 4 nitrogen and oxygen atoms in total. The fraction of sp³-hybridized carbons (Fsp3) is 0.286.